The van der Waals surface area contributed by atoms with Gasteiger partial charge in [0.2, 0.25) is 5.95 Å². The molecule has 1 spiro atoms. The van der Waals surface area contributed by atoms with E-state index >= 15 is 0 Å². The van der Waals surface area contributed by atoms with Crippen LogP contribution < -0.4 is 5.32 Å². The van der Waals surface area contributed by atoms with Crippen LogP contribution in [0.4, 0.5) is 5.95 Å². The van der Waals surface area contributed by atoms with Crippen molar-refractivity contribution in [2.24, 2.45) is 0 Å². The Morgan fingerprint density at radius 2 is 1.92 bits per heavy atom. The number of aromatic nitrogens is 3. The molecule has 3 heterocycles. The van der Waals surface area contributed by atoms with Crippen molar-refractivity contribution < 1.29 is 9.90 Å². The topological polar surface area (TPSA) is 80.0 Å². The highest BCUT2D eigenvalue weighted by Crippen LogP contribution is 2.46. The van der Waals surface area contributed by atoms with Crippen LogP contribution in [0.15, 0.2) is 12.3 Å². The van der Waals surface area contributed by atoms with E-state index in [0.717, 1.165) is 61.7 Å². The summed E-state index contributed by atoms with van der Waals surface area (Å²) in [5, 5.41) is 14.1. The van der Waals surface area contributed by atoms with E-state index in [-0.39, 0.29) is 17.4 Å². The highest BCUT2D eigenvalue weighted by Gasteiger charge is 2.42. The van der Waals surface area contributed by atoms with Gasteiger partial charge in [-0.15, -0.1) is 0 Å². The summed E-state index contributed by atoms with van der Waals surface area (Å²) in [4.78, 5) is 21.9. The van der Waals surface area contributed by atoms with Crippen molar-refractivity contribution in [2.75, 3.05) is 5.32 Å². The van der Waals surface area contributed by atoms with Crippen LogP contribution in [-0.2, 0) is 5.54 Å². The molecule has 2 saturated carbocycles. The maximum absolute atomic E-state index is 12.5. The number of ketones is 1. The first-order valence-corrected chi connectivity index (χ1v) is 10.0. The number of fused-ring (bicyclic) bond motifs is 4. The van der Waals surface area contributed by atoms with E-state index < -0.39 is 0 Å². The quantitative estimate of drug-likeness (QED) is 0.864. The lowest BCUT2D eigenvalue weighted by molar-refractivity contribution is 0.0901. The molecule has 2 N–H and O–H groups in total. The molecule has 0 atom stereocenters. The number of hydrogen-bond acceptors (Lipinski definition) is 5. The second kappa shape index (κ2) is 6.05. The first-order valence-electron chi connectivity index (χ1n) is 10.0. The van der Waals surface area contributed by atoms with Gasteiger partial charge in [-0.1, -0.05) is 12.8 Å². The third-order valence-corrected chi connectivity index (χ3v) is 6.68. The minimum Gasteiger partial charge on any atom is -0.393 e. The molecule has 6 heteroatoms. The van der Waals surface area contributed by atoms with Crippen molar-refractivity contribution in [3.63, 3.8) is 0 Å². The second-order valence-electron chi connectivity index (χ2n) is 8.34. The highest BCUT2D eigenvalue weighted by molar-refractivity contribution is 6.00. The molecule has 0 saturated heterocycles. The first-order chi connectivity index (χ1) is 12.6. The Hall–Kier alpha value is -1.95. The summed E-state index contributed by atoms with van der Waals surface area (Å²) in [6.07, 6.45) is 11.6. The number of nitrogens with one attached hydrogen (secondary N) is 1. The van der Waals surface area contributed by atoms with Gasteiger partial charge in [-0.05, 0) is 51.0 Å². The fourth-order valence-corrected chi connectivity index (χ4v) is 5.24. The minimum absolute atomic E-state index is 0.0750. The summed E-state index contributed by atoms with van der Waals surface area (Å²) in [6, 6.07) is 2.30. The van der Waals surface area contributed by atoms with E-state index in [1.807, 2.05) is 12.3 Å². The highest BCUT2D eigenvalue weighted by atomic mass is 16.3. The number of anilines is 1. The Kier molecular flexibility index (Phi) is 3.78. The van der Waals surface area contributed by atoms with Crippen LogP contribution in [-0.4, -0.2) is 37.6 Å². The Labute approximate surface area is 153 Å². The van der Waals surface area contributed by atoms with Crippen LogP contribution in [0, 0.1) is 0 Å². The molecule has 0 unspecified atom stereocenters. The van der Waals surface area contributed by atoms with Crippen LogP contribution in [0.3, 0.4) is 0 Å². The van der Waals surface area contributed by atoms with Gasteiger partial charge in [0.05, 0.1) is 11.8 Å². The van der Waals surface area contributed by atoms with Crippen LogP contribution in [0.2, 0.25) is 0 Å². The molecule has 1 aliphatic heterocycles. The molecular weight excluding hydrogens is 328 g/mol. The standard InChI is InChI=1S/C20H26N4O2/c25-15-5-3-14(4-6-15)22-19-21-12-13-11-16-17(26)7-10-20(8-1-2-9-20)24(16)18(13)23-19/h11-12,14-15,25H,1-10H2,(H,21,22,23)/t14-,15-. The van der Waals surface area contributed by atoms with E-state index in [4.69, 9.17) is 4.98 Å². The van der Waals surface area contributed by atoms with Crippen LogP contribution >= 0.6 is 0 Å². The number of hydrogen-bond donors (Lipinski definition) is 2. The maximum Gasteiger partial charge on any atom is 0.224 e. The smallest absolute Gasteiger partial charge is 0.224 e. The molecule has 2 fully saturated rings. The third kappa shape index (κ3) is 2.54. The number of carbonyl (C=O) groups excluding carboxylic acids is 1. The van der Waals surface area contributed by atoms with Gasteiger partial charge in [-0.2, -0.15) is 4.98 Å². The number of aliphatic hydroxyl groups excluding tert-OH is 1. The fourth-order valence-electron chi connectivity index (χ4n) is 5.24. The van der Waals surface area contributed by atoms with Crippen LogP contribution in [0.5, 0.6) is 0 Å². The van der Waals surface area contributed by atoms with Crippen molar-refractivity contribution in [1.29, 1.82) is 0 Å². The van der Waals surface area contributed by atoms with Crippen LogP contribution in [0.1, 0.15) is 74.7 Å². The summed E-state index contributed by atoms with van der Waals surface area (Å²) in [5.74, 6) is 0.877. The van der Waals surface area contributed by atoms with E-state index in [1.165, 1.54) is 12.8 Å². The zero-order valence-electron chi connectivity index (χ0n) is 15.1. The summed E-state index contributed by atoms with van der Waals surface area (Å²) in [6.45, 7) is 0. The summed E-state index contributed by atoms with van der Waals surface area (Å²) >= 11 is 0. The van der Waals surface area contributed by atoms with Gasteiger partial charge in [0, 0.05) is 29.6 Å². The molecule has 5 rings (SSSR count). The SMILES string of the molecule is O=C1CCC2(CCCC2)n2c1cc1cnc(N[C@H]3CC[C@H](O)CC3)nc12. The van der Waals surface area contributed by atoms with Crippen molar-refractivity contribution in [3.8, 4) is 0 Å². The summed E-state index contributed by atoms with van der Waals surface area (Å²) in [5.41, 5.74) is 1.80. The number of carbonyl (C=O) groups is 1. The zero-order valence-corrected chi connectivity index (χ0v) is 15.1. The van der Waals surface area contributed by atoms with E-state index in [1.54, 1.807) is 0 Å². The molecule has 2 aliphatic carbocycles. The largest absolute Gasteiger partial charge is 0.393 e. The van der Waals surface area contributed by atoms with Gasteiger partial charge in [0.15, 0.2) is 5.78 Å². The van der Waals surface area contributed by atoms with E-state index in [0.29, 0.717) is 18.4 Å². The Morgan fingerprint density at radius 3 is 2.69 bits per heavy atom. The minimum atomic E-state index is -0.165. The Bertz CT molecular complexity index is 845. The molecule has 0 amide bonds. The van der Waals surface area contributed by atoms with Crippen LogP contribution in [0.25, 0.3) is 11.0 Å². The molecular formula is C20H26N4O2. The molecule has 0 bridgehead atoms. The zero-order chi connectivity index (χ0) is 17.7. The van der Waals surface area contributed by atoms with E-state index in [9.17, 15) is 9.90 Å². The summed E-state index contributed by atoms with van der Waals surface area (Å²) < 4.78 is 2.25. The number of nitrogens with zero attached hydrogens (tertiary/aromatic N) is 3. The lowest BCUT2D eigenvalue weighted by Crippen LogP contribution is -2.37. The first kappa shape index (κ1) is 16.2. The maximum atomic E-state index is 12.5. The number of rotatable bonds is 2. The molecule has 6 nitrogen and oxygen atoms in total. The second-order valence-corrected chi connectivity index (χ2v) is 8.34. The average molecular weight is 354 g/mol. The average Bonchev–Trinajstić information content (AvgIpc) is 3.26. The molecule has 3 aliphatic rings. The monoisotopic (exact) mass is 354 g/mol. The van der Waals surface area contributed by atoms with Crippen molar-refractivity contribution in [3.05, 3.63) is 18.0 Å². The Balaban J connectivity index is 1.53. The van der Waals surface area contributed by atoms with Gasteiger partial charge in [-0.25, -0.2) is 4.98 Å². The number of Topliss-reactive ketones (excluding diaryl/α,β-unsaturated/α-hetero) is 1. The van der Waals surface area contributed by atoms with Gasteiger partial charge >= 0.3 is 0 Å². The van der Waals surface area contributed by atoms with E-state index in [2.05, 4.69) is 14.9 Å². The van der Waals surface area contributed by atoms with Gasteiger partial charge in [0.1, 0.15) is 5.65 Å². The number of aliphatic hydroxyl groups is 1. The molecule has 2 aromatic rings. The molecule has 138 valence electrons. The lowest BCUT2D eigenvalue weighted by Gasteiger charge is -2.36. The van der Waals surface area contributed by atoms with Gasteiger partial charge in [-0.3, -0.25) is 4.79 Å². The molecule has 0 radical (unpaired) electrons. The van der Waals surface area contributed by atoms with Gasteiger partial charge in [0.25, 0.3) is 0 Å². The molecule has 0 aromatic carbocycles. The van der Waals surface area contributed by atoms with Crippen molar-refractivity contribution >= 4 is 22.8 Å². The van der Waals surface area contributed by atoms with Crippen molar-refractivity contribution in [1.82, 2.24) is 14.5 Å². The normalized spacial score (nSPS) is 27.8. The van der Waals surface area contributed by atoms with Gasteiger partial charge < -0.3 is 15.0 Å². The Morgan fingerprint density at radius 1 is 1.15 bits per heavy atom. The summed E-state index contributed by atoms with van der Waals surface area (Å²) in [7, 11) is 0. The third-order valence-electron chi connectivity index (χ3n) is 6.68. The fraction of sp³-hybridized carbons (Fsp3) is 0.650. The van der Waals surface area contributed by atoms with Crippen molar-refractivity contribution in [2.45, 2.75) is 81.9 Å². The molecule has 26 heavy (non-hydrogen) atoms. The predicted octanol–water partition coefficient (Wildman–Crippen LogP) is 3.39. The lowest BCUT2D eigenvalue weighted by atomic mass is 9.86. The predicted molar refractivity (Wildman–Crippen MR) is 99.4 cm³/mol. The molecule has 2 aromatic heterocycles.